The van der Waals surface area contributed by atoms with Crippen molar-refractivity contribution in [3.63, 3.8) is 0 Å². The Hall–Kier alpha value is -2.56. The first-order chi connectivity index (χ1) is 9.97. The molecule has 0 saturated heterocycles. The molecule has 0 aliphatic carbocycles. The van der Waals surface area contributed by atoms with Crippen LogP contribution in [0.25, 0.3) is 0 Å². The number of hydrogen-bond acceptors (Lipinski definition) is 2. The maximum atomic E-state index is 12.0. The molecule has 0 radical (unpaired) electrons. The summed E-state index contributed by atoms with van der Waals surface area (Å²) in [6, 6.07) is 9.52. The number of carboxylic acid groups (broad SMARTS) is 1. The minimum absolute atomic E-state index is 0.0109. The van der Waals surface area contributed by atoms with E-state index in [0.717, 1.165) is 11.1 Å². The molecular weight excluding hydrogens is 268 g/mol. The molecule has 1 aromatic carbocycles. The third kappa shape index (κ3) is 3.72. The summed E-state index contributed by atoms with van der Waals surface area (Å²) in [6.45, 7) is 3.75. The average molecular weight is 286 g/mol. The molecule has 2 aromatic rings. The number of aryl methyl sites for hydroxylation is 3. The average Bonchev–Trinajstić information content (AvgIpc) is 2.79. The maximum absolute atomic E-state index is 12.0. The zero-order chi connectivity index (χ0) is 15.4. The highest BCUT2D eigenvalue weighted by Crippen LogP contribution is 2.17. The van der Waals surface area contributed by atoms with Crippen molar-refractivity contribution < 1.29 is 14.7 Å². The SMILES string of the molecule is Cc1cc(NC(=O)CCc2ccccc2C)c(C(=O)O)[nH]1. The smallest absolute Gasteiger partial charge is 0.354 e. The van der Waals surface area contributed by atoms with Crippen LogP contribution in [-0.2, 0) is 11.2 Å². The molecule has 1 heterocycles. The fourth-order valence-corrected chi connectivity index (χ4v) is 2.21. The number of rotatable bonds is 5. The first-order valence-corrected chi connectivity index (χ1v) is 6.74. The second-order valence-corrected chi connectivity index (χ2v) is 5.02. The van der Waals surface area contributed by atoms with Crippen molar-refractivity contribution in [2.45, 2.75) is 26.7 Å². The van der Waals surface area contributed by atoms with Crippen LogP contribution >= 0.6 is 0 Å². The predicted octanol–water partition coefficient (Wildman–Crippen LogP) is 2.90. The minimum atomic E-state index is -1.09. The van der Waals surface area contributed by atoms with Gasteiger partial charge in [0.2, 0.25) is 5.91 Å². The van der Waals surface area contributed by atoms with E-state index in [1.807, 2.05) is 31.2 Å². The molecule has 5 heteroatoms. The van der Waals surface area contributed by atoms with E-state index < -0.39 is 5.97 Å². The fourth-order valence-electron chi connectivity index (χ4n) is 2.21. The van der Waals surface area contributed by atoms with Gasteiger partial charge in [-0.05, 0) is 37.5 Å². The number of anilines is 1. The Labute approximate surface area is 123 Å². The Morgan fingerprint density at radius 3 is 2.62 bits per heavy atom. The second-order valence-electron chi connectivity index (χ2n) is 5.02. The Kier molecular flexibility index (Phi) is 4.42. The van der Waals surface area contributed by atoms with Crippen LogP contribution in [0.4, 0.5) is 5.69 Å². The molecule has 0 aliphatic rings. The van der Waals surface area contributed by atoms with Crippen molar-refractivity contribution in [2.75, 3.05) is 5.32 Å². The van der Waals surface area contributed by atoms with Gasteiger partial charge >= 0.3 is 5.97 Å². The molecule has 1 aromatic heterocycles. The number of amides is 1. The van der Waals surface area contributed by atoms with Gasteiger partial charge in [-0.3, -0.25) is 4.79 Å². The molecule has 0 saturated carbocycles. The lowest BCUT2D eigenvalue weighted by molar-refractivity contribution is -0.116. The van der Waals surface area contributed by atoms with Gasteiger partial charge in [-0.25, -0.2) is 4.79 Å². The molecule has 110 valence electrons. The van der Waals surface area contributed by atoms with Gasteiger partial charge in [0.15, 0.2) is 0 Å². The molecule has 5 nitrogen and oxygen atoms in total. The number of benzene rings is 1. The minimum Gasteiger partial charge on any atom is -0.477 e. The lowest BCUT2D eigenvalue weighted by atomic mass is 10.0. The predicted molar refractivity (Wildman–Crippen MR) is 80.6 cm³/mol. The van der Waals surface area contributed by atoms with E-state index in [0.29, 0.717) is 24.2 Å². The molecule has 1 amide bonds. The van der Waals surface area contributed by atoms with E-state index in [4.69, 9.17) is 5.11 Å². The topological polar surface area (TPSA) is 82.2 Å². The summed E-state index contributed by atoms with van der Waals surface area (Å²) in [5.41, 5.74) is 3.29. The van der Waals surface area contributed by atoms with Crippen LogP contribution in [0.3, 0.4) is 0 Å². The summed E-state index contributed by atoms with van der Waals surface area (Å²) in [6.07, 6.45) is 0.943. The molecule has 0 spiro atoms. The summed E-state index contributed by atoms with van der Waals surface area (Å²) >= 11 is 0. The maximum Gasteiger partial charge on any atom is 0.354 e. The number of aromatic carboxylic acids is 1. The van der Waals surface area contributed by atoms with Gasteiger partial charge in [0, 0.05) is 12.1 Å². The molecule has 0 unspecified atom stereocenters. The number of nitrogens with one attached hydrogen (secondary N) is 2. The Bertz CT molecular complexity index is 674. The zero-order valence-electron chi connectivity index (χ0n) is 12.1. The molecule has 0 fully saturated rings. The van der Waals surface area contributed by atoms with E-state index in [9.17, 15) is 9.59 Å². The Balaban J connectivity index is 1.99. The molecule has 2 rings (SSSR count). The van der Waals surface area contributed by atoms with Crippen molar-refractivity contribution >= 4 is 17.6 Å². The lowest BCUT2D eigenvalue weighted by Gasteiger charge is -2.06. The quantitative estimate of drug-likeness (QED) is 0.790. The third-order valence-electron chi connectivity index (χ3n) is 3.32. The van der Waals surface area contributed by atoms with Gasteiger partial charge in [0.05, 0.1) is 5.69 Å². The van der Waals surface area contributed by atoms with E-state index in [-0.39, 0.29) is 11.6 Å². The van der Waals surface area contributed by atoms with Gasteiger partial charge in [-0.1, -0.05) is 24.3 Å². The van der Waals surface area contributed by atoms with E-state index in [1.54, 1.807) is 13.0 Å². The van der Waals surface area contributed by atoms with Gasteiger partial charge < -0.3 is 15.4 Å². The summed E-state index contributed by atoms with van der Waals surface area (Å²) in [5, 5.41) is 11.7. The summed E-state index contributed by atoms with van der Waals surface area (Å²) in [7, 11) is 0. The van der Waals surface area contributed by atoms with Crippen LogP contribution in [0, 0.1) is 13.8 Å². The molecule has 0 aliphatic heterocycles. The normalized spacial score (nSPS) is 10.4. The summed E-state index contributed by atoms with van der Waals surface area (Å²) in [5.74, 6) is -1.28. The van der Waals surface area contributed by atoms with E-state index >= 15 is 0 Å². The van der Waals surface area contributed by atoms with E-state index in [1.165, 1.54) is 0 Å². The number of aromatic nitrogens is 1. The third-order valence-corrected chi connectivity index (χ3v) is 3.32. The summed E-state index contributed by atoms with van der Waals surface area (Å²) < 4.78 is 0. The molecule has 0 atom stereocenters. The second kappa shape index (κ2) is 6.26. The number of carbonyl (C=O) groups excluding carboxylic acids is 1. The highest BCUT2D eigenvalue weighted by atomic mass is 16.4. The number of carbonyl (C=O) groups is 2. The molecule has 3 N–H and O–H groups in total. The van der Waals surface area contributed by atoms with Crippen LogP contribution in [-0.4, -0.2) is 22.0 Å². The highest BCUT2D eigenvalue weighted by molar-refractivity contribution is 5.99. The van der Waals surface area contributed by atoms with Gasteiger partial charge in [-0.15, -0.1) is 0 Å². The fraction of sp³-hybridized carbons (Fsp3) is 0.250. The van der Waals surface area contributed by atoms with Gasteiger partial charge in [-0.2, -0.15) is 0 Å². The van der Waals surface area contributed by atoms with Crippen molar-refractivity contribution in [1.29, 1.82) is 0 Å². The molecule has 0 bridgehead atoms. The Morgan fingerprint density at radius 1 is 1.24 bits per heavy atom. The monoisotopic (exact) mass is 286 g/mol. The largest absolute Gasteiger partial charge is 0.477 e. The lowest BCUT2D eigenvalue weighted by Crippen LogP contribution is -2.14. The van der Waals surface area contributed by atoms with Crippen molar-refractivity contribution in [1.82, 2.24) is 4.98 Å². The van der Waals surface area contributed by atoms with Crippen molar-refractivity contribution in [3.05, 3.63) is 52.8 Å². The van der Waals surface area contributed by atoms with Crippen molar-refractivity contribution in [2.24, 2.45) is 0 Å². The first kappa shape index (κ1) is 14.8. The van der Waals surface area contributed by atoms with Crippen LogP contribution in [0.2, 0.25) is 0 Å². The highest BCUT2D eigenvalue weighted by Gasteiger charge is 2.15. The van der Waals surface area contributed by atoms with Crippen LogP contribution < -0.4 is 5.32 Å². The van der Waals surface area contributed by atoms with Gasteiger partial charge in [0.25, 0.3) is 0 Å². The van der Waals surface area contributed by atoms with Crippen LogP contribution in [0.15, 0.2) is 30.3 Å². The number of H-pyrrole nitrogens is 1. The zero-order valence-corrected chi connectivity index (χ0v) is 12.1. The number of aromatic amines is 1. The Morgan fingerprint density at radius 2 is 1.95 bits per heavy atom. The van der Waals surface area contributed by atoms with E-state index in [2.05, 4.69) is 10.3 Å². The van der Waals surface area contributed by atoms with Gasteiger partial charge in [0.1, 0.15) is 5.69 Å². The standard InChI is InChI=1S/C16H18N2O3/c1-10-5-3-4-6-12(10)7-8-14(19)18-13-9-11(2)17-15(13)16(20)21/h3-6,9,17H,7-8H2,1-2H3,(H,18,19)(H,20,21). The molecular formula is C16H18N2O3. The van der Waals surface area contributed by atoms with Crippen LogP contribution in [0.5, 0.6) is 0 Å². The first-order valence-electron chi connectivity index (χ1n) is 6.74. The number of carboxylic acids is 1. The number of hydrogen-bond donors (Lipinski definition) is 3. The van der Waals surface area contributed by atoms with Crippen molar-refractivity contribution in [3.8, 4) is 0 Å². The van der Waals surface area contributed by atoms with Crippen LogP contribution in [0.1, 0.15) is 33.7 Å². The summed E-state index contributed by atoms with van der Waals surface area (Å²) in [4.78, 5) is 25.7. The molecule has 21 heavy (non-hydrogen) atoms.